The van der Waals surface area contributed by atoms with Crippen LogP contribution in [0.15, 0.2) is 0 Å². The number of nitrogens with zero attached hydrogens (tertiary/aromatic N) is 2. The summed E-state index contributed by atoms with van der Waals surface area (Å²) in [4.78, 5) is 8.65. The van der Waals surface area contributed by atoms with E-state index in [1.165, 1.54) is 35.0 Å². The molecule has 13 heavy (non-hydrogen) atoms. The van der Waals surface area contributed by atoms with Gasteiger partial charge in [0.2, 0.25) is 0 Å². The van der Waals surface area contributed by atoms with Gasteiger partial charge in [-0.15, -0.1) is 11.3 Å². The summed E-state index contributed by atoms with van der Waals surface area (Å²) in [6.07, 6.45) is 3.92. The third-order valence-electron chi connectivity index (χ3n) is 2.87. The second kappa shape index (κ2) is 2.79. The SMILES string of the molecule is CN1CCc2nc(C3CC3)sc2C1. The fourth-order valence-corrected chi connectivity index (χ4v) is 3.21. The Balaban J connectivity index is 1.93. The minimum absolute atomic E-state index is 0.834. The van der Waals surface area contributed by atoms with Crippen molar-refractivity contribution in [1.82, 2.24) is 9.88 Å². The molecule has 1 aromatic rings. The van der Waals surface area contributed by atoms with Gasteiger partial charge in [-0.2, -0.15) is 0 Å². The Kier molecular flexibility index (Phi) is 1.70. The number of hydrogen-bond donors (Lipinski definition) is 0. The standard InChI is InChI=1S/C10H14N2S/c1-12-5-4-8-9(6-12)13-10(11-8)7-2-3-7/h7H,2-6H2,1H3. The van der Waals surface area contributed by atoms with Crippen LogP contribution in [0.5, 0.6) is 0 Å². The Morgan fingerprint density at radius 1 is 1.46 bits per heavy atom. The van der Waals surface area contributed by atoms with Gasteiger partial charge in [0.15, 0.2) is 0 Å². The zero-order valence-corrected chi connectivity index (χ0v) is 8.73. The molecule has 1 fully saturated rings. The van der Waals surface area contributed by atoms with Crippen molar-refractivity contribution in [3.8, 4) is 0 Å². The zero-order chi connectivity index (χ0) is 8.84. The molecule has 0 N–H and O–H groups in total. The van der Waals surface area contributed by atoms with Crippen LogP contribution >= 0.6 is 11.3 Å². The van der Waals surface area contributed by atoms with Crippen molar-refractivity contribution < 1.29 is 0 Å². The van der Waals surface area contributed by atoms with E-state index in [1.807, 2.05) is 11.3 Å². The van der Waals surface area contributed by atoms with Crippen molar-refractivity contribution in [2.75, 3.05) is 13.6 Å². The minimum atomic E-state index is 0.834. The molecule has 0 radical (unpaired) electrons. The molecular formula is C10H14N2S. The number of thiazole rings is 1. The second-order valence-corrected chi connectivity index (χ2v) is 5.30. The van der Waals surface area contributed by atoms with Crippen molar-refractivity contribution in [3.63, 3.8) is 0 Å². The summed E-state index contributed by atoms with van der Waals surface area (Å²) >= 11 is 1.96. The molecule has 0 bridgehead atoms. The van der Waals surface area contributed by atoms with Crippen molar-refractivity contribution in [2.24, 2.45) is 0 Å². The fraction of sp³-hybridized carbons (Fsp3) is 0.700. The maximum Gasteiger partial charge on any atom is 0.0962 e. The van der Waals surface area contributed by atoms with Crippen LogP contribution in [0.25, 0.3) is 0 Å². The zero-order valence-electron chi connectivity index (χ0n) is 7.92. The van der Waals surface area contributed by atoms with Crippen LogP contribution in [0.4, 0.5) is 0 Å². The van der Waals surface area contributed by atoms with Crippen LogP contribution in [0.3, 0.4) is 0 Å². The molecule has 0 unspecified atom stereocenters. The van der Waals surface area contributed by atoms with Gasteiger partial charge in [-0.25, -0.2) is 4.98 Å². The van der Waals surface area contributed by atoms with Gasteiger partial charge in [-0.1, -0.05) is 0 Å². The Hall–Kier alpha value is -0.410. The summed E-state index contributed by atoms with van der Waals surface area (Å²) in [5, 5.41) is 1.42. The molecular weight excluding hydrogens is 180 g/mol. The minimum Gasteiger partial charge on any atom is -0.301 e. The van der Waals surface area contributed by atoms with Gasteiger partial charge in [-0.3, -0.25) is 0 Å². The van der Waals surface area contributed by atoms with Crippen LogP contribution < -0.4 is 0 Å². The maximum atomic E-state index is 4.74. The number of fused-ring (bicyclic) bond motifs is 1. The van der Waals surface area contributed by atoms with E-state index in [4.69, 9.17) is 4.98 Å². The van der Waals surface area contributed by atoms with E-state index in [-0.39, 0.29) is 0 Å². The lowest BCUT2D eigenvalue weighted by Crippen LogP contribution is -2.25. The van der Waals surface area contributed by atoms with Gasteiger partial charge in [0.05, 0.1) is 10.7 Å². The molecule has 3 heteroatoms. The van der Waals surface area contributed by atoms with E-state index < -0.39 is 0 Å². The monoisotopic (exact) mass is 194 g/mol. The lowest BCUT2D eigenvalue weighted by molar-refractivity contribution is 0.314. The Labute approximate surface area is 82.6 Å². The van der Waals surface area contributed by atoms with E-state index in [0.29, 0.717) is 0 Å². The predicted octanol–water partition coefficient (Wildman–Crippen LogP) is 2.01. The summed E-state index contributed by atoms with van der Waals surface area (Å²) in [6.45, 7) is 2.31. The highest BCUT2D eigenvalue weighted by Gasteiger charge is 2.29. The average molecular weight is 194 g/mol. The quantitative estimate of drug-likeness (QED) is 0.680. The molecule has 0 spiro atoms. The molecule has 3 rings (SSSR count). The average Bonchev–Trinajstić information content (AvgIpc) is 2.87. The van der Waals surface area contributed by atoms with Crippen molar-refractivity contribution in [3.05, 3.63) is 15.6 Å². The molecule has 1 aromatic heterocycles. The fourth-order valence-electron chi connectivity index (χ4n) is 1.85. The van der Waals surface area contributed by atoms with Crippen LogP contribution in [-0.4, -0.2) is 23.5 Å². The summed E-state index contributed by atoms with van der Waals surface area (Å²) < 4.78 is 0. The molecule has 1 saturated carbocycles. The van der Waals surface area contributed by atoms with Gasteiger partial charge in [0.25, 0.3) is 0 Å². The Morgan fingerprint density at radius 3 is 3.08 bits per heavy atom. The topological polar surface area (TPSA) is 16.1 Å². The third kappa shape index (κ3) is 1.40. The molecule has 2 heterocycles. The number of aromatic nitrogens is 1. The molecule has 1 aliphatic carbocycles. The molecule has 0 aromatic carbocycles. The largest absolute Gasteiger partial charge is 0.301 e. The van der Waals surface area contributed by atoms with Crippen molar-refractivity contribution in [1.29, 1.82) is 0 Å². The molecule has 1 aliphatic heterocycles. The molecule has 0 amide bonds. The summed E-state index contributed by atoms with van der Waals surface area (Å²) in [5.41, 5.74) is 1.39. The number of likely N-dealkylation sites (N-methyl/N-ethyl adjacent to an activating group) is 1. The first-order valence-electron chi connectivity index (χ1n) is 5.00. The van der Waals surface area contributed by atoms with Crippen LogP contribution in [-0.2, 0) is 13.0 Å². The van der Waals surface area contributed by atoms with Gasteiger partial charge in [-0.05, 0) is 19.9 Å². The van der Waals surface area contributed by atoms with Gasteiger partial charge in [0.1, 0.15) is 0 Å². The van der Waals surface area contributed by atoms with E-state index in [1.54, 1.807) is 0 Å². The smallest absolute Gasteiger partial charge is 0.0962 e. The highest BCUT2D eigenvalue weighted by Crippen LogP contribution is 2.43. The van der Waals surface area contributed by atoms with E-state index in [2.05, 4.69) is 11.9 Å². The second-order valence-electron chi connectivity index (χ2n) is 4.18. The molecule has 0 atom stereocenters. The third-order valence-corrected chi connectivity index (χ3v) is 4.11. The van der Waals surface area contributed by atoms with Gasteiger partial charge < -0.3 is 4.90 Å². The van der Waals surface area contributed by atoms with Crippen molar-refractivity contribution >= 4 is 11.3 Å². The first kappa shape index (κ1) is 7.94. The van der Waals surface area contributed by atoms with Gasteiger partial charge in [0, 0.05) is 30.3 Å². The summed E-state index contributed by atoms with van der Waals surface area (Å²) in [6, 6.07) is 0. The van der Waals surface area contributed by atoms with Gasteiger partial charge >= 0.3 is 0 Å². The number of rotatable bonds is 1. The normalized spacial score (nSPS) is 23.2. The number of hydrogen-bond acceptors (Lipinski definition) is 3. The molecule has 2 aliphatic rings. The Morgan fingerprint density at radius 2 is 2.31 bits per heavy atom. The Bertz CT molecular complexity index is 328. The highest BCUT2D eigenvalue weighted by atomic mass is 32.1. The lowest BCUT2D eigenvalue weighted by atomic mass is 10.2. The first-order valence-corrected chi connectivity index (χ1v) is 5.81. The maximum absolute atomic E-state index is 4.74. The van der Waals surface area contributed by atoms with Crippen molar-refractivity contribution in [2.45, 2.75) is 31.7 Å². The highest BCUT2D eigenvalue weighted by molar-refractivity contribution is 7.11. The predicted molar refractivity (Wildman–Crippen MR) is 54.1 cm³/mol. The van der Waals surface area contributed by atoms with E-state index >= 15 is 0 Å². The van der Waals surface area contributed by atoms with Crippen LogP contribution in [0, 0.1) is 0 Å². The molecule has 0 saturated heterocycles. The molecule has 70 valence electrons. The molecule has 2 nitrogen and oxygen atoms in total. The lowest BCUT2D eigenvalue weighted by Gasteiger charge is -2.20. The van der Waals surface area contributed by atoms with E-state index in [9.17, 15) is 0 Å². The summed E-state index contributed by atoms with van der Waals surface area (Å²) in [5.74, 6) is 0.834. The summed E-state index contributed by atoms with van der Waals surface area (Å²) in [7, 11) is 2.19. The first-order chi connectivity index (χ1) is 6.33. The van der Waals surface area contributed by atoms with Crippen LogP contribution in [0.2, 0.25) is 0 Å². The van der Waals surface area contributed by atoms with E-state index in [0.717, 1.165) is 18.9 Å². The van der Waals surface area contributed by atoms with Crippen LogP contribution in [0.1, 0.15) is 34.3 Å².